The van der Waals surface area contributed by atoms with Crippen LogP contribution in [-0.2, 0) is 12.7 Å². The molecule has 0 saturated carbocycles. The minimum absolute atomic E-state index is 0.0967. The molecule has 0 aliphatic carbocycles. The average molecular weight is 290 g/mol. The molecule has 0 amide bonds. The van der Waals surface area contributed by atoms with Crippen LogP contribution in [0, 0.1) is 0 Å². The molecule has 19 heavy (non-hydrogen) atoms. The van der Waals surface area contributed by atoms with Crippen LogP contribution in [0.5, 0.6) is 0 Å². The predicted molar refractivity (Wildman–Crippen MR) is 73.5 cm³/mol. The lowest BCUT2D eigenvalue weighted by molar-refractivity contribution is -0.138. The number of hydrogen-bond donors (Lipinski definition) is 1. The van der Waals surface area contributed by atoms with Crippen LogP contribution in [0.3, 0.4) is 0 Å². The number of halogens is 3. The molecule has 2 nitrogen and oxygen atoms in total. The van der Waals surface area contributed by atoms with Crippen LogP contribution in [0.2, 0.25) is 0 Å². The van der Waals surface area contributed by atoms with Crippen molar-refractivity contribution in [1.29, 1.82) is 0 Å². The van der Waals surface area contributed by atoms with Crippen molar-refractivity contribution in [3.05, 3.63) is 29.3 Å². The fourth-order valence-corrected chi connectivity index (χ4v) is 3.31. The Morgan fingerprint density at radius 3 is 2.74 bits per heavy atom. The van der Waals surface area contributed by atoms with E-state index in [4.69, 9.17) is 5.73 Å². The Kier molecular flexibility index (Phi) is 4.30. The molecule has 106 valence electrons. The van der Waals surface area contributed by atoms with Gasteiger partial charge in [0.2, 0.25) is 0 Å². The minimum Gasteiger partial charge on any atom is -0.367 e. The largest absolute Gasteiger partial charge is 0.416 e. The monoisotopic (exact) mass is 290 g/mol. The van der Waals surface area contributed by atoms with Gasteiger partial charge in [-0.15, -0.1) is 0 Å². The summed E-state index contributed by atoms with van der Waals surface area (Å²) in [7, 11) is 0. The Bertz CT molecular complexity index is 448. The predicted octanol–water partition coefficient (Wildman–Crippen LogP) is 3.11. The summed E-state index contributed by atoms with van der Waals surface area (Å²) in [5, 5.41) is 0. The molecule has 1 heterocycles. The third-order valence-corrected chi connectivity index (χ3v) is 4.51. The van der Waals surface area contributed by atoms with Crippen molar-refractivity contribution >= 4 is 17.4 Å². The zero-order valence-electron chi connectivity index (χ0n) is 10.7. The maximum atomic E-state index is 13.0. The van der Waals surface area contributed by atoms with Crippen LogP contribution < -0.4 is 10.6 Å². The first-order chi connectivity index (χ1) is 8.93. The lowest BCUT2D eigenvalue weighted by Gasteiger charge is -2.35. The second kappa shape index (κ2) is 5.63. The fraction of sp³-hybridized carbons (Fsp3) is 0.538. The van der Waals surface area contributed by atoms with Crippen LogP contribution >= 0.6 is 11.8 Å². The highest BCUT2D eigenvalue weighted by molar-refractivity contribution is 7.99. The van der Waals surface area contributed by atoms with Crippen molar-refractivity contribution in [1.82, 2.24) is 0 Å². The molecular formula is C13H17F3N2S. The Morgan fingerprint density at radius 2 is 2.16 bits per heavy atom. The average Bonchev–Trinajstić information content (AvgIpc) is 2.37. The van der Waals surface area contributed by atoms with Crippen LogP contribution in [-0.4, -0.2) is 24.1 Å². The summed E-state index contributed by atoms with van der Waals surface area (Å²) in [4.78, 5) is 2.03. The van der Waals surface area contributed by atoms with Crippen LogP contribution in [0.15, 0.2) is 18.2 Å². The number of nitrogens with two attached hydrogens (primary N) is 1. The molecule has 0 bridgehead atoms. The summed E-state index contributed by atoms with van der Waals surface area (Å²) in [6.45, 7) is 2.72. The standard InChI is InChI=1S/C13H17F3N2S/c1-9-8-19-5-4-18(9)11-3-2-10(7-17)12(6-11)13(14,15)16/h2-3,6,9H,4-5,7-8,17H2,1H3. The van der Waals surface area contributed by atoms with Crippen molar-refractivity contribution < 1.29 is 13.2 Å². The maximum Gasteiger partial charge on any atom is 0.416 e. The Morgan fingerprint density at radius 1 is 1.42 bits per heavy atom. The Balaban J connectivity index is 2.37. The van der Waals surface area contributed by atoms with Gasteiger partial charge in [-0.25, -0.2) is 0 Å². The first-order valence-electron chi connectivity index (χ1n) is 6.18. The number of thioether (sulfide) groups is 1. The molecule has 1 atom stereocenters. The van der Waals surface area contributed by atoms with Gasteiger partial charge in [-0.2, -0.15) is 24.9 Å². The van der Waals surface area contributed by atoms with Gasteiger partial charge in [0.15, 0.2) is 0 Å². The van der Waals surface area contributed by atoms with Gasteiger partial charge in [-0.3, -0.25) is 0 Å². The molecule has 0 spiro atoms. The van der Waals surface area contributed by atoms with Crippen molar-refractivity contribution in [3.63, 3.8) is 0 Å². The number of nitrogens with zero attached hydrogens (tertiary/aromatic N) is 1. The van der Waals surface area contributed by atoms with Gasteiger partial charge >= 0.3 is 6.18 Å². The number of alkyl halides is 3. The smallest absolute Gasteiger partial charge is 0.367 e. The third-order valence-electron chi connectivity index (χ3n) is 3.32. The molecule has 1 aliphatic heterocycles. The van der Waals surface area contributed by atoms with Crippen molar-refractivity contribution in [2.45, 2.75) is 25.7 Å². The zero-order chi connectivity index (χ0) is 14.0. The van der Waals surface area contributed by atoms with E-state index in [1.54, 1.807) is 6.07 Å². The molecule has 0 radical (unpaired) electrons. The van der Waals surface area contributed by atoms with E-state index in [-0.39, 0.29) is 18.2 Å². The zero-order valence-corrected chi connectivity index (χ0v) is 11.5. The molecule has 1 aromatic carbocycles. The summed E-state index contributed by atoms with van der Waals surface area (Å²) in [5.41, 5.74) is 5.56. The van der Waals surface area contributed by atoms with Crippen LogP contribution in [0.25, 0.3) is 0 Å². The van der Waals surface area contributed by atoms with E-state index in [9.17, 15) is 13.2 Å². The Labute approximate surface area is 115 Å². The van der Waals surface area contributed by atoms with Crippen molar-refractivity contribution in [2.75, 3.05) is 23.0 Å². The van der Waals surface area contributed by atoms with Gasteiger partial charge in [0.25, 0.3) is 0 Å². The highest BCUT2D eigenvalue weighted by atomic mass is 32.2. The van der Waals surface area contributed by atoms with Crippen LogP contribution in [0.1, 0.15) is 18.1 Å². The van der Waals surface area contributed by atoms with Crippen molar-refractivity contribution in [2.24, 2.45) is 5.73 Å². The fourth-order valence-electron chi connectivity index (χ4n) is 2.30. The minimum atomic E-state index is -4.35. The second-order valence-electron chi connectivity index (χ2n) is 4.66. The SMILES string of the molecule is CC1CSCCN1c1ccc(CN)c(C(F)(F)F)c1. The lowest BCUT2D eigenvalue weighted by Crippen LogP contribution is -2.40. The normalized spacial score (nSPS) is 20.7. The van der Waals surface area contributed by atoms with E-state index in [0.29, 0.717) is 5.69 Å². The van der Waals surface area contributed by atoms with Gasteiger partial charge in [-0.05, 0) is 24.6 Å². The third kappa shape index (κ3) is 3.17. The van der Waals surface area contributed by atoms with Gasteiger partial charge in [0.1, 0.15) is 0 Å². The second-order valence-corrected chi connectivity index (χ2v) is 5.81. The maximum absolute atomic E-state index is 13.0. The van der Waals surface area contributed by atoms with E-state index >= 15 is 0 Å². The van der Waals surface area contributed by atoms with E-state index < -0.39 is 11.7 Å². The summed E-state index contributed by atoms with van der Waals surface area (Å²) in [6.07, 6.45) is -4.35. The molecule has 1 aliphatic rings. The quantitative estimate of drug-likeness (QED) is 0.907. The van der Waals surface area contributed by atoms with Gasteiger partial charge in [0.05, 0.1) is 5.56 Å². The molecule has 2 N–H and O–H groups in total. The highest BCUT2D eigenvalue weighted by Crippen LogP contribution is 2.35. The summed E-state index contributed by atoms with van der Waals surface area (Å²) >= 11 is 1.83. The molecule has 2 rings (SSSR count). The summed E-state index contributed by atoms with van der Waals surface area (Å²) < 4.78 is 39.0. The van der Waals surface area contributed by atoms with Gasteiger partial charge in [0, 0.05) is 36.3 Å². The van der Waals surface area contributed by atoms with Gasteiger partial charge < -0.3 is 10.6 Å². The molecule has 1 unspecified atom stereocenters. The van der Waals surface area contributed by atoms with Crippen LogP contribution in [0.4, 0.5) is 18.9 Å². The molecule has 1 saturated heterocycles. The summed E-state index contributed by atoms with van der Waals surface area (Å²) in [5.74, 6) is 1.89. The first kappa shape index (κ1) is 14.5. The van der Waals surface area contributed by atoms with E-state index in [0.717, 1.165) is 18.1 Å². The first-order valence-corrected chi connectivity index (χ1v) is 7.33. The molecule has 1 fully saturated rings. The summed E-state index contributed by atoms with van der Waals surface area (Å²) in [6, 6.07) is 4.72. The lowest BCUT2D eigenvalue weighted by atomic mass is 10.0. The van der Waals surface area contributed by atoms with Gasteiger partial charge in [-0.1, -0.05) is 6.07 Å². The number of benzene rings is 1. The highest BCUT2D eigenvalue weighted by Gasteiger charge is 2.34. The number of rotatable bonds is 2. The Hall–Kier alpha value is -0.880. The van der Waals surface area contributed by atoms with E-state index in [2.05, 4.69) is 0 Å². The molecule has 1 aromatic rings. The molecular weight excluding hydrogens is 273 g/mol. The molecule has 6 heteroatoms. The van der Waals surface area contributed by atoms with E-state index in [1.165, 1.54) is 12.1 Å². The topological polar surface area (TPSA) is 29.3 Å². The van der Waals surface area contributed by atoms with E-state index in [1.807, 2.05) is 23.6 Å². The van der Waals surface area contributed by atoms with Crippen molar-refractivity contribution in [3.8, 4) is 0 Å². The number of anilines is 1. The molecule has 0 aromatic heterocycles. The number of hydrogen-bond acceptors (Lipinski definition) is 3.